The first-order valence-corrected chi connectivity index (χ1v) is 7.88. The molecule has 4 nitrogen and oxygen atoms in total. The van der Waals surface area contributed by atoms with Crippen molar-refractivity contribution in [3.8, 4) is 0 Å². The summed E-state index contributed by atoms with van der Waals surface area (Å²) >= 11 is 1.79. The van der Waals surface area contributed by atoms with E-state index in [1.54, 1.807) is 22.2 Å². The van der Waals surface area contributed by atoms with Crippen LogP contribution in [-0.4, -0.2) is 27.1 Å². The van der Waals surface area contributed by atoms with E-state index in [9.17, 15) is 4.79 Å². The molecular weight excluding hydrogens is 270 g/mol. The second-order valence-electron chi connectivity index (χ2n) is 5.48. The quantitative estimate of drug-likeness (QED) is 0.851. The third-order valence-corrected chi connectivity index (χ3v) is 4.91. The summed E-state index contributed by atoms with van der Waals surface area (Å²) in [7, 11) is 0. The molecule has 3 rings (SSSR count). The predicted octanol–water partition coefficient (Wildman–Crippen LogP) is 3.29. The first kappa shape index (κ1) is 13.4. The fourth-order valence-electron chi connectivity index (χ4n) is 2.83. The van der Waals surface area contributed by atoms with Crippen LogP contribution in [0.3, 0.4) is 0 Å². The highest BCUT2D eigenvalue weighted by Crippen LogP contribution is 2.33. The molecule has 0 N–H and O–H groups in total. The van der Waals surface area contributed by atoms with E-state index in [2.05, 4.69) is 23.5 Å². The molecule has 0 fully saturated rings. The van der Waals surface area contributed by atoms with Crippen LogP contribution in [0.2, 0.25) is 0 Å². The molecule has 106 valence electrons. The first-order chi connectivity index (χ1) is 9.59. The summed E-state index contributed by atoms with van der Waals surface area (Å²) in [6, 6.07) is 4.30. The molecule has 1 atom stereocenters. The summed E-state index contributed by atoms with van der Waals surface area (Å²) in [5.74, 6) is 0.0838. The Hall–Kier alpha value is -1.62. The van der Waals surface area contributed by atoms with Gasteiger partial charge in [0.1, 0.15) is 5.69 Å². The minimum Gasteiger partial charge on any atom is -0.330 e. The molecule has 1 amide bonds. The van der Waals surface area contributed by atoms with Crippen LogP contribution in [0, 0.1) is 0 Å². The minimum atomic E-state index is 0.0838. The lowest BCUT2D eigenvalue weighted by Crippen LogP contribution is -2.39. The maximum absolute atomic E-state index is 12.8. The third kappa shape index (κ3) is 2.06. The molecule has 0 bridgehead atoms. The lowest BCUT2D eigenvalue weighted by Gasteiger charge is -2.33. The fraction of sp³-hybridized carbons (Fsp3) is 0.467. The van der Waals surface area contributed by atoms with E-state index in [0.29, 0.717) is 5.69 Å². The van der Waals surface area contributed by atoms with Crippen LogP contribution in [0.5, 0.6) is 0 Å². The van der Waals surface area contributed by atoms with E-state index in [4.69, 9.17) is 0 Å². The Balaban J connectivity index is 1.90. The number of carbonyl (C=O) groups is 1. The molecule has 0 saturated heterocycles. The monoisotopic (exact) mass is 289 g/mol. The average molecular weight is 289 g/mol. The number of fused-ring (bicyclic) bond motifs is 1. The molecule has 2 aromatic heterocycles. The largest absolute Gasteiger partial charge is 0.330 e. The van der Waals surface area contributed by atoms with Crippen molar-refractivity contribution in [2.24, 2.45) is 0 Å². The standard InChI is InChI=1S/C15H19N3OS/c1-10(2)18-13(4-7-16-18)15(19)17-8-5-14-12(11(17)3)6-9-20-14/h4,6-7,9-11H,5,8H2,1-3H3/t11-/m0/s1. The fourth-order valence-corrected chi connectivity index (χ4v) is 3.79. The van der Waals surface area contributed by atoms with Crippen LogP contribution >= 0.6 is 11.3 Å². The Morgan fingerprint density at radius 1 is 1.45 bits per heavy atom. The Morgan fingerprint density at radius 2 is 2.25 bits per heavy atom. The molecule has 3 heterocycles. The SMILES string of the molecule is CC(C)n1nccc1C(=O)N1CCc2sccc2[C@@H]1C. The summed E-state index contributed by atoms with van der Waals surface area (Å²) < 4.78 is 1.80. The van der Waals surface area contributed by atoms with Gasteiger partial charge in [0.05, 0.1) is 6.04 Å². The summed E-state index contributed by atoms with van der Waals surface area (Å²) in [6.07, 6.45) is 2.66. The van der Waals surface area contributed by atoms with Crippen molar-refractivity contribution in [3.05, 3.63) is 39.8 Å². The summed E-state index contributed by atoms with van der Waals surface area (Å²) in [6.45, 7) is 6.98. The van der Waals surface area contributed by atoms with Crippen molar-refractivity contribution >= 4 is 17.2 Å². The van der Waals surface area contributed by atoms with Gasteiger partial charge in [0, 0.05) is 23.7 Å². The van der Waals surface area contributed by atoms with Gasteiger partial charge < -0.3 is 4.90 Å². The molecule has 0 spiro atoms. The van der Waals surface area contributed by atoms with E-state index in [1.807, 2.05) is 24.8 Å². The summed E-state index contributed by atoms with van der Waals surface area (Å²) in [5.41, 5.74) is 1.98. The number of nitrogens with zero attached hydrogens (tertiary/aromatic N) is 3. The number of hydrogen-bond donors (Lipinski definition) is 0. The summed E-state index contributed by atoms with van der Waals surface area (Å²) in [4.78, 5) is 16.2. The van der Waals surface area contributed by atoms with Crippen molar-refractivity contribution in [2.75, 3.05) is 6.54 Å². The topological polar surface area (TPSA) is 38.1 Å². The average Bonchev–Trinajstić information content (AvgIpc) is 3.07. The number of thiophene rings is 1. The van der Waals surface area contributed by atoms with E-state index >= 15 is 0 Å². The Morgan fingerprint density at radius 3 is 3.00 bits per heavy atom. The van der Waals surface area contributed by atoms with Crippen LogP contribution in [0.1, 0.15) is 53.8 Å². The van der Waals surface area contributed by atoms with E-state index < -0.39 is 0 Å². The van der Waals surface area contributed by atoms with Crippen molar-refractivity contribution < 1.29 is 4.79 Å². The Bertz CT molecular complexity index is 629. The number of hydrogen-bond acceptors (Lipinski definition) is 3. The molecule has 0 radical (unpaired) electrons. The second-order valence-corrected chi connectivity index (χ2v) is 6.48. The van der Waals surface area contributed by atoms with Gasteiger partial charge in [-0.1, -0.05) is 0 Å². The van der Waals surface area contributed by atoms with Crippen molar-refractivity contribution in [1.29, 1.82) is 0 Å². The molecule has 20 heavy (non-hydrogen) atoms. The molecule has 1 aliphatic rings. The minimum absolute atomic E-state index is 0.0838. The van der Waals surface area contributed by atoms with Crippen LogP contribution in [0.15, 0.2) is 23.7 Å². The number of aromatic nitrogens is 2. The molecule has 5 heteroatoms. The predicted molar refractivity (Wildman–Crippen MR) is 80.1 cm³/mol. The van der Waals surface area contributed by atoms with Gasteiger partial charge in [-0.25, -0.2) is 0 Å². The second kappa shape index (κ2) is 5.05. The highest BCUT2D eigenvalue weighted by Gasteiger charge is 2.30. The van der Waals surface area contributed by atoms with Crippen molar-refractivity contribution in [2.45, 2.75) is 39.3 Å². The molecule has 0 aliphatic carbocycles. The third-order valence-electron chi connectivity index (χ3n) is 3.92. The summed E-state index contributed by atoms with van der Waals surface area (Å²) in [5, 5.41) is 6.38. The molecule has 0 unspecified atom stereocenters. The Kier molecular flexibility index (Phi) is 3.38. The number of rotatable bonds is 2. The first-order valence-electron chi connectivity index (χ1n) is 7.00. The van der Waals surface area contributed by atoms with Crippen molar-refractivity contribution in [3.63, 3.8) is 0 Å². The zero-order valence-electron chi connectivity index (χ0n) is 12.0. The smallest absolute Gasteiger partial charge is 0.272 e. The normalized spacial score (nSPS) is 18.4. The van der Waals surface area contributed by atoms with Gasteiger partial charge in [0.15, 0.2) is 0 Å². The highest BCUT2D eigenvalue weighted by atomic mass is 32.1. The zero-order valence-corrected chi connectivity index (χ0v) is 12.9. The molecule has 0 saturated carbocycles. The van der Waals surface area contributed by atoms with Gasteiger partial charge in [-0.3, -0.25) is 9.48 Å². The lowest BCUT2D eigenvalue weighted by molar-refractivity contribution is 0.0664. The highest BCUT2D eigenvalue weighted by molar-refractivity contribution is 7.10. The maximum atomic E-state index is 12.8. The van der Waals surface area contributed by atoms with Gasteiger partial charge in [-0.2, -0.15) is 5.10 Å². The molecule has 1 aliphatic heterocycles. The van der Waals surface area contributed by atoms with E-state index in [1.165, 1.54) is 10.4 Å². The Labute approximate surface area is 123 Å². The molecule has 2 aromatic rings. The van der Waals surface area contributed by atoms with Gasteiger partial charge in [0.25, 0.3) is 5.91 Å². The van der Waals surface area contributed by atoms with Crippen LogP contribution in [-0.2, 0) is 6.42 Å². The van der Waals surface area contributed by atoms with Crippen LogP contribution in [0.4, 0.5) is 0 Å². The number of carbonyl (C=O) groups excluding carboxylic acids is 1. The van der Waals surface area contributed by atoms with E-state index in [0.717, 1.165) is 13.0 Å². The lowest BCUT2D eigenvalue weighted by atomic mass is 10.0. The zero-order chi connectivity index (χ0) is 14.3. The maximum Gasteiger partial charge on any atom is 0.272 e. The van der Waals surface area contributed by atoms with Crippen LogP contribution < -0.4 is 0 Å². The van der Waals surface area contributed by atoms with Crippen molar-refractivity contribution in [1.82, 2.24) is 14.7 Å². The van der Waals surface area contributed by atoms with E-state index in [-0.39, 0.29) is 18.0 Å². The number of amides is 1. The molecular formula is C15H19N3OS. The van der Waals surface area contributed by atoms with Crippen LogP contribution in [0.25, 0.3) is 0 Å². The van der Waals surface area contributed by atoms with Gasteiger partial charge >= 0.3 is 0 Å². The molecule has 0 aromatic carbocycles. The van der Waals surface area contributed by atoms with Gasteiger partial charge in [-0.15, -0.1) is 11.3 Å². The van der Waals surface area contributed by atoms with Gasteiger partial charge in [-0.05, 0) is 50.3 Å². The van der Waals surface area contributed by atoms with Gasteiger partial charge in [0.2, 0.25) is 0 Å².